The molecule has 6 heteroatoms. The highest BCUT2D eigenvalue weighted by Crippen LogP contribution is 2.46. The van der Waals surface area contributed by atoms with E-state index >= 15 is 0 Å². The molecule has 0 unspecified atom stereocenters. The molecule has 5 nitrogen and oxygen atoms in total. The van der Waals surface area contributed by atoms with Crippen molar-refractivity contribution in [2.24, 2.45) is 5.92 Å². The van der Waals surface area contributed by atoms with Gasteiger partial charge in [-0.25, -0.2) is 4.79 Å². The quantitative estimate of drug-likeness (QED) is 0.473. The van der Waals surface area contributed by atoms with Gasteiger partial charge < -0.3 is 9.47 Å². The van der Waals surface area contributed by atoms with Crippen LogP contribution in [-0.2, 0) is 14.3 Å². The fourth-order valence-electron chi connectivity index (χ4n) is 3.81. The summed E-state index contributed by atoms with van der Waals surface area (Å²) in [5.41, 5.74) is 2.11. The predicted octanol–water partition coefficient (Wildman–Crippen LogP) is 4.29. The van der Waals surface area contributed by atoms with Crippen molar-refractivity contribution < 1.29 is 19.1 Å². The van der Waals surface area contributed by atoms with E-state index in [-0.39, 0.29) is 37.4 Å². The lowest BCUT2D eigenvalue weighted by Gasteiger charge is -2.20. The molecule has 0 N–H and O–H groups in total. The molecule has 0 bridgehead atoms. The second-order valence-corrected chi connectivity index (χ2v) is 8.16. The number of ether oxygens (including phenoxy) is 2. The van der Waals surface area contributed by atoms with Crippen molar-refractivity contribution in [3.8, 4) is 5.75 Å². The van der Waals surface area contributed by atoms with Crippen LogP contribution in [0.1, 0.15) is 69.4 Å². The first kappa shape index (κ1) is 22.7. The van der Waals surface area contributed by atoms with Gasteiger partial charge in [-0.2, -0.15) is 0 Å². The Hall–Kier alpha value is -1.59. The average Bonchev–Trinajstić information content (AvgIpc) is 3.37. The van der Waals surface area contributed by atoms with Crippen LogP contribution in [0.2, 0.25) is 0 Å². The van der Waals surface area contributed by atoms with E-state index in [0.717, 1.165) is 37.1 Å². The zero-order valence-electron chi connectivity index (χ0n) is 17.1. The molecule has 156 valence electrons. The molecule has 0 amide bonds. The molecule has 1 aromatic rings. The zero-order chi connectivity index (χ0) is 19.4. The average molecular weight is 410 g/mol. The number of benzene rings is 1. The molecule has 1 aromatic carbocycles. The van der Waals surface area contributed by atoms with Crippen molar-refractivity contribution >= 4 is 24.3 Å². The van der Waals surface area contributed by atoms with Crippen LogP contribution in [0, 0.1) is 5.92 Å². The second kappa shape index (κ2) is 10.3. The van der Waals surface area contributed by atoms with Crippen molar-refractivity contribution in [2.45, 2.75) is 58.3 Å². The van der Waals surface area contributed by atoms with E-state index in [4.69, 9.17) is 9.47 Å². The number of hydrogen-bond acceptors (Lipinski definition) is 5. The summed E-state index contributed by atoms with van der Waals surface area (Å²) in [6, 6.07) is 6.10. The lowest BCUT2D eigenvalue weighted by atomic mass is 9.90. The van der Waals surface area contributed by atoms with Crippen LogP contribution in [0.5, 0.6) is 5.75 Å². The molecule has 0 spiro atoms. The van der Waals surface area contributed by atoms with Crippen LogP contribution in [-0.4, -0.2) is 43.1 Å². The number of nitrogens with zero attached hydrogens (tertiary/aromatic N) is 1. The van der Waals surface area contributed by atoms with Crippen LogP contribution in [0.3, 0.4) is 0 Å². The van der Waals surface area contributed by atoms with E-state index in [0.29, 0.717) is 17.6 Å². The minimum atomic E-state index is -0.512. The van der Waals surface area contributed by atoms with E-state index in [1.807, 2.05) is 12.1 Å². The monoisotopic (exact) mass is 409 g/mol. The fraction of sp³-hybridized carbons (Fsp3) is 0.636. The molecular formula is C22H32ClNO4. The molecule has 1 saturated heterocycles. The second-order valence-electron chi connectivity index (χ2n) is 8.16. The van der Waals surface area contributed by atoms with Crippen LogP contribution in [0.15, 0.2) is 18.2 Å². The van der Waals surface area contributed by atoms with Gasteiger partial charge in [0.25, 0.3) is 0 Å². The smallest absolute Gasteiger partial charge is 0.349 e. The summed E-state index contributed by atoms with van der Waals surface area (Å²) < 4.78 is 10.9. The van der Waals surface area contributed by atoms with Gasteiger partial charge in [0, 0.05) is 0 Å². The number of carbonyl (C=O) groups is 2. The van der Waals surface area contributed by atoms with Gasteiger partial charge in [-0.05, 0) is 67.7 Å². The van der Waals surface area contributed by atoms with Crippen molar-refractivity contribution in [1.29, 1.82) is 0 Å². The first-order chi connectivity index (χ1) is 13.0. The maximum atomic E-state index is 12.4. The molecule has 1 heterocycles. The number of carbonyl (C=O) groups excluding carboxylic acids is 2. The molecule has 1 aliphatic carbocycles. The third-order valence-electron chi connectivity index (χ3n) is 5.64. The summed E-state index contributed by atoms with van der Waals surface area (Å²) in [6.07, 6.45) is 4.69. The first-order valence-electron chi connectivity index (χ1n) is 10.2. The van der Waals surface area contributed by atoms with E-state index in [2.05, 4.69) is 31.7 Å². The Kier molecular flexibility index (Phi) is 8.32. The summed E-state index contributed by atoms with van der Waals surface area (Å²) in [6.45, 7) is 8.14. The highest BCUT2D eigenvalue weighted by molar-refractivity contribution is 5.85. The number of esters is 2. The van der Waals surface area contributed by atoms with Crippen LogP contribution < -0.4 is 4.74 Å². The van der Waals surface area contributed by atoms with E-state index in [1.165, 1.54) is 12.8 Å². The molecule has 2 aliphatic rings. The van der Waals surface area contributed by atoms with E-state index in [9.17, 15) is 9.59 Å². The highest BCUT2D eigenvalue weighted by atomic mass is 35.5. The Bertz CT molecular complexity index is 681. The third kappa shape index (κ3) is 5.95. The molecule has 2 fully saturated rings. The third-order valence-corrected chi connectivity index (χ3v) is 5.64. The lowest BCUT2D eigenvalue weighted by Crippen LogP contribution is -2.30. The minimum Gasteiger partial charge on any atom is -0.453 e. The Morgan fingerprint density at radius 1 is 1.07 bits per heavy atom. The summed E-state index contributed by atoms with van der Waals surface area (Å²) in [5.74, 6) is 1.07. The normalized spacial score (nSPS) is 17.9. The van der Waals surface area contributed by atoms with E-state index < -0.39 is 5.97 Å². The van der Waals surface area contributed by atoms with Crippen LogP contribution in [0.25, 0.3) is 0 Å². The van der Waals surface area contributed by atoms with Gasteiger partial charge in [0.05, 0.1) is 6.54 Å². The number of hydrogen-bond donors (Lipinski definition) is 0. The van der Waals surface area contributed by atoms with Gasteiger partial charge in [-0.3, -0.25) is 9.69 Å². The fourth-order valence-corrected chi connectivity index (χ4v) is 3.81. The molecular weight excluding hydrogens is 378 g/mol. The first-order valence-corrected chi connectivity index (χ1v) is 10.2. The largest absolute Gasteiger partial charge is 0.453 e. The SMILES string of the molecule is CC(C)c1cccc([C@@H](C)C2CC2)c1OC(=O)COC(=O)CN1CCCC1.Cl. The number of para-hydroxylation sites is 1. The van der Waals surface area contributed by atoms with E-state index in [1.54, 1.807) is 0 Å². The number of likely N-dealkylation sites (tertiary alicyclic amines) is 1. The summed E-state index contributed by atoms with van der Waals surface area (Å²) in [4.78, 5) is 26.4. The maximum Gasteiger partial charge on any atom is 0.349 e. The molecule has 1 aliphatic heterocycles. The Labute approximate surface area is 174 Å². The molecule has 0 radical (unpaired) electrons. The molecule has 28 heavy (non-hydrogen) atoms. The Morgan fingerprint density at radius 3 is 2.32 bits per heavy atom. The molecule has 1 saturated carbocycles. The Morgan fingerprint density at radius 2 is 1.71 bits per heavy atom. The van der Waals surface area contributed by atoms with Gasteiger partial charge in [0.1, 0.15) is 5.75 Å². The summed E-state index contributed by atoms with van der Waals surface area (Å²) in [7, 11) is 0. The minimum absolute atomic E-state index is 0. The van der Waals surface area contributed by atoms with Crippen LogP contribution in [0.4, 0.5) is 0 Å². The van der Waals surface area contributed by atoms with Gasteiger partial charge >= 0.3 is 11.9 Å². The number of rotatable bonds is 8. The topological polar surface area (TPSA) is 55.8 Å². The van der Waals surface area contributed by atoms with Crippen molar-refractivity contribution in [3.05, 3.63) is 29.3 Å². The highest BCUT2D eigenvalue weighted by Gasteiger charge is 2.32. The van der Waals surface area contributed by atoms with Crippen molar-refractivity contribution in [3.63, 3.8) is 0 Å². The number of halogens is 1. The predicted molar refractivity (Wildman–Crippen MR) is 111 cm³/mol. The zero-order valence-corrected chi connectivity index (χ0v) is 17.9. The van der Waals surface area contributed by atoms with Gasteiger partial charge in [0.2, 0.25) is 0 Å². The van der Waals surface area contributed by atoms with Gasteiger partial charge in [-0.1, -0.05) is 39.0 Å². The summed E-state index contributed by atoms with van der Waals surface area (Å²) >= 11 is 0. The van der Waals surface area contributed by atoms with Crippen molar-refractivity contribution in [1.82, 2.24) is 4.90 Å². The molecule has 3 rings (SSSR count). The summed E-state index contributed by atoms with van der Waals surface area (Å²) in [5, 5.41) is 0. The van der Waals surface area contributed by atoms with Gasteiger partial charge in [0.15, 0.2) is 6.61 Å². The molecule has 0 aromatic heterocycles. The lowest BCUT2D eigenvalue weighted by molar-refractivity contribution is -0.154. The van der Waals surface area contributed by atoms with Crippen LogP contribution >= 0.6 is 12.4 Å². The van der Waals surface area contributed by atoms with Gasteiger partial charge in [-0.15, -0.1) is 12.4 Å². The molecule has 1 atom stereocenters. The standard InChI is InChI=1S/C22H31NO4.ClH/c1-15(2)18-7-6-8-19(16(3)17-9-10-17)22(18)27-21(25)14-26-20(24)13-23-11-4-5-12-23;/h6-8,15-17H,4-5,9-14H2,1-3H3;1H/t16-;/m0./s1. The van der Waals surface area contributed by atoms with Crippen molar-refractivity contribution in [2.75, 3.05) is 26.2 Å². The Balaban J connectivity index is 0.00000280. The maximum absolute atomic E-state index is 12.4.